The quantitative estimate of drug-likeness (QED) is 0.702. The van der Waals surface area contributed by atoms with Gasteiger partial charge in [-0.05, 0) is 41.4 Å². The number of aliphatic hydroxyl groups excluding tert-OH is 1. The van der Waals surface area contributed by atoms with Crippen molar-refractivity contribution in [1.82, 2.24) is 0 Å². The molecule has 0 radical (unpaired) electrons. The Bertz CT molecular complexity index is 373. The Labute approximate surface area is 104 Å². The number of hydrogen-bond acceptors (Lipinski definition) is 2. The number of fused-ring (bicyclic) bond motifs is 3. The van der Waals surface area contributed by atoms with Gasteiger partial charge in [-0.2, -0.15) is 0 Å². The van der Waals surface area contributed by atoms with Crippen molar-refractivity contribution in [2.45, 2.75) is 53.1 Å². The largest absolute Gasteiger partial charge is 0.392 e. The standard InChI is InChI=1S/C15H24O2/c1-8-11(16)6-10-5-9-7-14(2,3)13(17)12(9)15(8,10)4/h8-10,12-13,17H,5-7H2,1-4H3/t8-,9?,10+,12?,13-,15-/m0/s1. The topological polar surface area (TPSA) is 37.3 Å². The van der Waals surface area contributed by atoms with Crippen LogP contribution in [0.5, 0.6) is 0 Å². The van der Waals surface area contributed by atoms with Crippen LogP contribution >= 0.6 is 0 Å². The van der Waals surface area contributed by atoms with Crippen molar-refractivity contribution in [2.24, 2.45) is 34.5 Å². The van der Waals surface area contributed by atoms with Crippen molar-refractivity contribution in [1.29, 1.82) is 0 Å². The van der Waals surface area contributed by atoms with Crippen LogP contribution in [0.4, 0.5) is 0 Å². The third-order valence-electron chi connectivity index (χ3n) is 6.49. The molecule has 0 amide bonds. The van der Waals surface area contributed by atoms with Gasteiger partial charge in [0, 0.05) is 12.3 Å². The number of ketones is 1. The molecule has 0 spiro atoms. The van der Waals surface area contributed by atoms with Crippen molar-refractivity contribution in [3.63, 3.8) is 0 Å². The average molecular weight is 236 g/mol. The van der Waals surface area contributed by atoms with Crippen LogP contribution in [0.1, 0.15) is 47.0 Å². The molecule has 3 saturated carbocycles. The van der Waals surface area contributed by atoms with Gasteiger partial charge in [-0.3, -0.25) is 4.79 Å². The summed E-state index contributed by atoms with van der Waals surface area (Å²) in [6.07, 6.45) is 2.83. The summed E-state index contributed by atoms with van der Waals surface area (Å²) < 4.78 is 0. The van der Waals surface area contributed by atoms with E-state index in [2.05, 4.69) is 27.7 Å². The van der Waals surface area contributed by atoms with Crippen LogP contribution in [0.15, 0.2) is 0 Å². The first-order chi connectivity index (χ1) is 7.78. The first kappa shape index (κ1) is 11.7. The number of aliphatic hydroxyl groups is 1. The highest BCUT2D eigenvalue weighted by molar-refractivity contribution is 5.84. The highest BCUT2D eigenvalue weighted by Gasteiger charge is 2.66. The van der Waals surface area contributed by atoms with Gasteiger partial charge >= 0.3 is 0 Å². The molecule has 0 saturated heterocycles. The molecule has 3 fully saturated rings. The normalized spacial score (nSPS) is 56.1. The Morgan fingerprint density at radius 2 is 1.94 bits per heavy atom. The van der Waals surface area contributed by atoms with E-state index in [1.165, 1.54) is 0 Å². The lowest BCUT2D eigenvalue weighted by Gasteiger charge is -2.39. The summed E-state index contributed by atoms with van der Waals surface area (Å²) in [6, 6.07) is 0. The third kappa shape index (κ3) is 1.23. The molecular weight excluding hydrogens is 212 g/mol. The summed E-state index contributed by atoms with van der Waals surface area (Å²) >= 11 is 0. The molecule has 0 aromatic rings. The molecule has 3 aliphatic rings. The summed E-state index contributed by atoms with van der Waals surface area (Å²) in [6.45, 7) is 8.71. The number of carbonyl (C=O) groups is 1. The predicted molar refractivity (Wildman–Crippen MR) is 66.4 cm³/mol. The van der Waals surface area contributed by atoms with E-state index in [0.717, 1.165) is 19.3 Å². The second-order valence-electron chi connectivity index (χ2n) is 7.61. The Morgan fingerprint density at radius 1 is 1.29 bits per heavy atom. The Hall–Kier alpha value is -0.370. The van der Waals surface area contributed by atoms with Gasteiger partial charge in [-0.1, -0.05) is 27.7 Å². The Kier molecular flexibility index (Phi) is 2.16. The fraction of sp³-hybridized carbons (Fsp3) is 0.933. The molecular formula is C15H24O2. The highest BCUT2D eigenvalue weighted by atomic mass is 16.3. The van der Waals surface area contributed by atoms with Gasteiger partial charge in [-0.15, -0.1) is 0 Å². The molecule has 0 heterocycles. The lowest BCUT2D eigenvalue weighted by molar-refractivity contribution is -0.123. The Morgan fingerprint density at radius 3 is 2.59 bits per heavy atom. The van der Waals surface area contributed by atoms with E-state index in [9.17, 15) is 9.90 Å². The Balaban J connectivity index is 2.01. The summed E-state index contributed by atoms with van der Waals surface area (Å²) in [4.78, 5) is 12.0. The van der Waals surface area contributed by atoms with Gasteiger partial charge < -0.3 is 5.11 Å². The van der Waals surface area contributed by atoms with Crippen LogP contribution in [0.3, 0.4) is 0 Å². The van der Waals surface area contributed by atoms with Crippen LogP contribution in [0.25, 0.3) is 0 Å². The van der Waals surface area contributed by atoms with Crippen LogP contribution < -0.4 is 0 Å². The molecule has 0 aliphatic heterocycles. The van der Waals surface area contributed by atoms with Crippen LogP contribution in [0, 0.1) is 34.5 Å². The lowest BCUT2D eigenvalue weighted by atomic mass is 9.66. The van der Waals surface area contributed by atoms with E-state index in [-0.39, 0.29) is 22.9 Å². The molecule has 3 aliphatic carbocycles. The minimum absolute atomic E-state index is 0.0364. The van der Waals surface area contributed by atoms with Crippen molar-refractivity contribution in [3.05, 3.63) is 0 Å². The van der Waals surface area contributed by atoms with E-state index in [4.69, 9.17) is 0 Å². The second kappa shape index (κ2) is 3.14. The first-order valence-electron chi connectivity index (χ1n) is 6.99. The predicted octanol–water partition coefficient (Wildman–Crippen LogP) is 2.64. The number of carbonyl (C=O) groups excluding carboxylic acids is 1. The molecule has 0 aromatic carbocycles. The maximum Gasteiger partial charge on any atom is 0.136 e. The van der Waals surface area contributed by atoms with E-state index in [1.54, 1.807) is 0 Å². The van der Waals surface area contributed by atoms with Crippen molar-refractivity contribution < 1.29 is 9.90 Å². The second-order valence-corrected chi connectivity index (χ2v) is 7.61. The number of Topliss-reactive ketones (excluding diaryl/α,β-unsaturated/α-hetero) is 1. The summed E-state index contributed by atoms with van der Waals surface area (Å²) in [5.41, 5.74) is 0.101. The summed E-state index contributed by atoms with van der Waals surface area (Å²) in [7, 11) is 0. The fourth-order valence-electron chi connectivity index (χ4n) is 5.35. The zero-order valence-corrected chi connectivity index (χ0v) is 11.4. The minimum atomic E-state index is -0.226. The molecule has 0 bridgehead atoms. The molecule has 3 rings (SSSR count). The van der Waals surface area contributed by atoms with E-state index >= 15 is 0 Å². The number of hydrogen-bond donors (Lipinski definition) is 1. The van der Waals surface area contributed by atoms with Gasteiger partial charge in [0.05, 0.1) is 6.10 Å². The van der Waals surface area contributed by atoms with Gasteiger partial charge in [-0.25, -0.2) is 0 Å². The third-order valence-corrected chi connectivity index (χ3v) is 6.49. The monoisotopic (exact) mass is 236 g/mol. The number of rotatable bonds is 0. The van der Waals surface area contributed by atoms with Crippen molar-refractivity contribution >= 4 is 5.78 Å². The van der Waals surface area contributed by atoms with Gasteiger partial charge in [0.25, 0.3) is 0 Å². The molecule has 2 nitrogen and oxygen atoms in total. The van der Waals surface area contributed by atoms with Crippen LogP contribution in [-0.2, 0) is 4.79 Å². The van der Waals surface area contributed by atoms with Crippen molar-refractivity contribution in [2.75, 3.05) is 0 Å². The highest BCUT2D eigenvalue weighted by Crippen LogP contribution is 2.68. The molecule has 0 aromatic heterocycles. The van der Waals surface area contributed by atoms with E-state index < -0.39 is 0 Å². The zero-order chi connectivity index (χ0) is 12.6. The van der Waals surface area contributed by atoms with Gasteiger partial charge in [0.2, 0.25) is 0 Å². The maximum absolute atomic E-state index is 12.0. The SMILES string of the molecule is C[C@H]1C(=O)C[C@H]2CC3CC(C)(C)[C@@H](O)C3[C@]21C. The van der Waals surface area contributed by atoms with Gasteiger partial charge in [0.1, 0.15) is 5.78 Å². The van der Waals surface area contributed by atoms with E-state index in [1.807, 2.05) is 0 Å². The van der Waals surface area contributed by atoms with E-state index in [0.29, 0.717) is 23.5 Å². The summed E-state index contributed by atoms with van der Waals surface area (Å²) in [5, 5.41) is 10.6. The van der Waals surface area contributed by atoms with Crippen LogP contribution in [-0.4, -0.2) is 17.0 Å². The first-order valence-corrected chi connectivity index (χ1v) is 6.99. The van der Waals surface area contributed by atoms with Crippen molar-refractivity contribution in [3.8, 4) is 0 Å². The fourth-order valence-corrected chi connectivity index (χ4v) is 5.35. The molecule has 2 heteroatoms. The molecule has 1 N–H and O–H groups in total. The molecule has 2 unspecified atom stereocenters. The van der Waals surface area contributed by atoms with Crippen LogP contribution in [0.2, 0.25) is 0 Å². The smallest absolute Gasteiger partial charge is 0.136 e. The average Bonchev–Trinajstić information content (AvgIpc) is 2.68. The van der Waals surface area contributed by atoms with Gasteiger partial charge in [0.15, 0.2) is 0 Å². The summed E-state index contributed by atoms with van der Waals surface area (Å²) in [5.74, 6) is 2.10. The maximum atomic E-state index is 12.0. The zero-order valence-electron chi connectivity index (χ0n) is 11.4. The molecule has 6 atom stereocenters. The minimum Gasteiger partial charge on any atom is -0.392 e. The lowest BCUT2D eigenvalue weighted by Crippen LogP contribution is -2.41. The molecule has 17 heavy (non-hydrogen) atoms. The molecule has 96 valence electrons.